The van der Waals surface area contributed by atoms with E-state index < -0.39 is 11.7 Å². The molecular formula is C33H36F3N5O2. The molecule has 0 spiro atoms. The molecule has 2 saturated heterocycles. The van der Waals surface area contributed by atoms with Crippen LogP contribution < -0.4 is 4.74 Å². The predicted molar refractivity (Wildman–Crippen MR) is 159 cm³/mol. The van der Waals surface area contributed by atoms with Crippen molar-refractivity contribution in [2.75, 3.05) is 46.4 Å². The number of nitrogens with one attached hydrogen (secondary N) is 1. The average molecular weight is 592 g/mol. The van der Waals surface area contributed by atoms with E-state index in [1.165, 1.54) is 17.7 Å². The van der Waals surface area contributed by atoms with Crippen LogP contribution >= 0.6 is 0 Å². The summed E-state index contributed by atoms with van der Waals surface area (Å²) in [6, 6.07) is 19.2. The Labute approximate surface area is 249 Å². The van der Waals surface area contributed by atoms with Gasteiger partial charge in [-0.2, -0.15) is 13.2 Å². The number of nitrogens with zero attached hydrogens (tertiary/aromatic N) is 4. The van der Waals surface area contributed by atoms with Gasteiger partial charge in [-0.1, -0.05) is 24.3 Å². The van der Waals surface area contributed by atoms with Gasteiger partial charge < -0.3 is 14.6 Å². The predicted octanol–water partition coefficient (Wildman–Crippen LogP) is 5.93. The lowest BCUT2D eigenvalue weighted by atomic mass is 9.96. The molecule has 10 heteroatoms. The maximum absolute atomic E-state index is 13.3. The van der Waals surface area contributed by atoms with Crippen LogP contribution in [0.5, 0.6) is 5.75 Å². The van der Waals surface area contributed by atoms with Crippen LogP contribution in [0.3, 0.4) is 0 Å². The SMILES string of the molecule is COc1ccc(CN2CCC(c3nc4ccc(C(=O)N5CCN(Cc6ccc(C(F)(F)F)cc6)CC5)cc4[nH]3)CC2)cc1. The van der Waals surface area contributed by atoms with Crippen molar-refractivity contribution in [1.29, 1.82) is 0 Å². The number of likely N-dealkylation sites (tertiary alicyclic amines) is 1. The molecule has 4 aromatic rings. The van der Waals surface area contributed by atoms with Gasteiger partial charge in [0.1, 0.15) is 11.6 Å². The Kier molecular flexibility index (Phi) is 8.41. The van der Waals surface area contributed by atoms with Crippen LogP contribution in [0, 0.1) is 0 Å². The number of piperidine rings is 1. The molecule has 2 aliphatic rings. The molecule has 0 atom stereocenters. The molecule has 43 heavy (non-hydrogen) atoms. The van der Waals surface area contributed by atoms with Gasteiger partial charge in [-0.25, -0.2) is 4.98 Å². The highest BCUT2D eigenvalue weighted by atomic mass is 19.4. The van der Waals surface area contributed by atoms with Gasteiger partial charge in [0, 0.05) is 50.7 Å². The second-order valence-electron chi connectivity index (χ2n) is 11.5. The van der Waals surface area contributed by atoms with E-state index in [0.29, 0.717) is 44.2 Å². The smallest absolute Gasteiger partial charge is 0.416 e. The molecule has 0 saturated carbocycles. The summed E-state index contributed by atoms with van der Waals surface area (Å²) in [4.78, 5) is 28.2. The number of H-pyrrole nitrogens is 1. The summed E-state index contributed by atoms with van der Waals surface area (Å²) in [6.07, 6.45) is -2.28. The fourth-order valence-electron chi connectivity index (χ4n) is 6.06. The molecule has 6 rings (SSSR count). The number of hydrogen-bond donors (Lipinski definition) is 1. The minimum Gasteiger partial charge on any atom is -0.497 e. The second kappa shape index (κ2) is 12.4. The Morgan fingerprint density at radius 1 is 0.860 bits per heavy atom. The van der Waals surface area contributed by atoms with Gasteiger partial charge in [0.2, 0.25) is 0 Å². The summed E-state index contributed by atoms with van der Waals surface area (Å²) >= 11 is 0. The highest BCUT2D eigenvalue weighted by Crippen LogP contribution is 2.30. The number of ether oxygens (including phenoxy) is 1. The molecule has 0 radical (unpaired) electrons. The lowest BCUT2D eigenvalue weighted by molar-refractivity contribution is -0.137. The second-order valence-corrected chi connectivity index (χ2v) is 11.5. The minimum absolute atomic E-state index is 0.0147. The van der Waals surface area contributed by atoms with Crippen LogP contribution in [0.25, 0.3) is 11.0 Å². The molecule has 7 nitrogen and oxygen atoms in total. The number of methoxy groups -OCH3 is 1. The van der Waals surface area contributed by atoms with Crippen molar-refractivity contribution in [3.63, 3.8) is 0 Å². The number of piperazine rings is 1. The summed E-state index contributed by atoms with van der Waals surface area (Å²) in [5.41, 5.74) is 3.85. The van der Waals surface area contributed by atoms with Gasteiger partial charge in [0.05, 0.1) is 23.7 Å². The van der Waals surface area contributed by atoms with Crippen molar-refractivity contribution in [3.8, 4) is 5.75 Å². The minimum atomic E-state index is -4.33. The third-order valence-corrected chi connectivity index (χ3v) is 8.63. The monoisotopic (exact) mass is 591 g/mol. The van der Waals surface area contributed by atoms with E-state index in [2.05, 4.69) is 26.9 Å². The van der Waals surface area contributed by atoms with Gasteiger partial charge in [0.25, 0.3) is 5.91 Å². The zero-order chi connectivity index (χ0) is 30.0. The topological polar surface area (TPSA) is 64.7 Å². The maximum Gasteiger partial charge on any atom is 0.416 e. The van der Waals surface area contributed by atoms with Crippen LogP contribution in [0.1, 0.15) is 51.6 Å². The van der Waals surface area contributed by atoms with Gasteiger partial charge in [-0.05, 0) is 79.5 Å². The molecule has 0 bridgehead atoms. The van der Waals surface area contributed by atoms with Gasteiger partial charge in [0.15, 0.2) is 0 Å². The quantitative estimate of drug-likeness (QED) is 0.289. The molecule has 1 amide bonds. The number of benzene rings is 3. The number of imidazole rings is 1. The van der Waals surface area contributed by atoms with Crippen molar-refractivity contribution in [3.05, 3.63) is 94.8 Å². The van der Waals surface area contributed by atoms with Crippen molar-refractivity contribution in [2.24, 2.45) is 0 Å². The number of amides is 1. The van der Waals surface area contributed by atoms with E-state index in [0.717, 1.165) is 72.8 Å². The molecule has 2 fully saturated rings. The van der Waals surface area contributed by atoms with E-state index in [9.17, 15) is 18.0 Å². The number of aromatic nitrogens is 2. The Morgan fingerprint density at radius 2 is 1.47 bits per heavy atom. The van der Waals surface area contributed by atoms with E-state index in [4.69, 9.17) is 9.72 Å². The van der Waals surface area contributed by atoms with Crippen LogP contribution in [0.4, 0.5) is 13.2 Å². The van der Waals surface area contributed by atoms with E-state index in [-0.39, 0.29) is 5.91 Å². The number of fused-ring (bicyclic) bond motifs is 1. The summed E-state index contributed by atoms with van der Waals surface area (Å²) in [5.74, 6) is 2.20. The molecular weight excluding hydrogens is 555 g/mol. The lowest BCUT2D eigenvalue weighted by Gasteiger charge is -2.34. The van der Waals surface area contributed by atoms with Gasteiger partial charge in [-0.3, -0.25) is 14.6 Å². The Morgan fingerprint density at radius 3 is 2.07 bits per heavy atom. The largest absolute Gasteiger partial charge is 0.497 e. The van der Waals surface area contributed by atoms with Crippen LogP contribution in [0.2, 0.25) is 0 Å². The third-order valence-electron chi connectivity index (χ3n) is 8.63. The van der Waals surface area contributed by atoms with E-state index >= 15 is 0 Å². The summed E-state index contributed by atoms with van der Waals surface area (Å²) in [6.45, 7) is 5.96. The van der Waals surface area contributed by atoms with Crippen molar-refractivity contribution >= 4 is 16.9 Å². The zero-order valence-corrected chi connectivity index (χ0v) is 24.2. The fourth-order valence-corrected chi connectivity index (χ4v) is 6.06. The number of hydrogen-bond acceptors (Lipinski definition) is 5. The summed E-state index contributed by atoms with van der Waals surface area (Å²) < 4.78 is 43.8. The van der Waals surface area contributed by atoms with Crippen molar-refractivity contribution in [2.45, 2.75) is 38.0 Å². The Bertz CT molecular complexity index is 1540. The summed E-state index contributed by atoms with van der Waals surface area (Å²) in [5, 5.41) is 0. The molecule has 3 heterocycles. The lowest BCUT2D eigenvalue weighted by Crippen LogP contribution is -2.48. The number of halogens is 3. The number of carbonyl (C=O) groups excluding carboxylic acids is 1. The first kappa shape index (κ1) is 29.2. The molecule has 0 unspecified atom stereocenters. The first-order valence-electron chi connectivity index (χ1n) is 14.8. The third kappa shape index (κ3) is 6.86. The van der Waals surface area contributed by atoms with Gasteiger partial charge >= 0.3 is 6.18 Å². The average Bonchev–Trinajstić information content (AvgIpc) is 3.45. The Balaban J connectivity index is 1.01. The zero-order valence-electron chi connectivity index (χ0n) is 24.2. The molecule has 1 N–H and O–H groups in total. The molecule has 1 aromatic heterocycles. The number of alkyl halides is 3. The number of rotatable bonds is 7. The van der Waals surface area contributed by atoms with Crippen molar-refractivity contribution in [1.82, 2.24) is 24.7 Å². The highest BCUT2D eigenvalue weighted by molar-refractivity contribution is 5.97. The first-order valence-corrected chi connectivity index (χ1v) is 14.8. The van der Waals surface area contributed by atoms with Crippen LogP contribution in [-0.2, 0) is 19.3 Å². The number of aromatic amines is 1. The van der Waals surface area contributed by atoms with Crippen LogP contribution in [-0.4, -0.2) is 77.0 Å². The van der Waals surface area contributed by atoms with E-state index in [1.54, 1.807) is 7.11 Å². The Hall–Kier alpha value is -3.89. The summed E-state index contributed by atoms with van der Waals surface area (Å²) in [7, 11) is 1.68. The fraction of sp³-hybridized carbons (Fsp3) is 0.394. The normalized spacial score (nSPS) is 17.4. The van der Waals surface area contributed by atoms with Crippen molar-refractivity contribution < 1.29 is 22.7 Å². The molecule has 0 aliphatic carbocycles. The highest BCUT2D eigenvalue weighted by Gasteiger charge is 2.30. The molecule has 226 valence electrons. The molecule has 2 aliphatic heterocycles. The van der Waals surface area contributed by atoms with Crippen LogP contribution in [0.15, 0.2) is 66.7 Å². The standard InChI is InChI=1S/C33H36F3N5O2/c1-43-28-9-4-24(5-10-28)21-39-14-12-25(13-15-39)31-37-29-11-6-26(20-30(29)38-31)32(42)41-18-16-40(17-19-41)22-23-2-7-27(8-3-23)33(34,35)36/h2-11,20,25H,12-19,21-22H2,1H3,(H,37,38). The number of carbonyl (C=O) groups is 1. The van der Waals surface area contributed by atoms with E-state index in [1.807, 2.05) is 35.2 Å². The maximum atomic E-state index is 13.3. The first-order chi connectivity index (χ1) is 20.7. The van der Waals surface area contributed by atoms with Gasteiger partial charge in [-0.15, -0.1) is 0 Å². The molecule has 3 aromatic carbocycles.